The molecule has 0 aliphatic carbocycles. The van der Waals surface area contributed by atoms with E-state index in [2.05, 4.69) is 67.7 Å². The van der Waals surface area contributed by atoms with Gasteiger partial charge in [-0.3, -0.25) is 0 Å². The zero-order valence-corrected chi connectivity index (χ0v) is 13.2. The Kier molecular flexibility index (Phi) is 5.82. The summed E-state index contributed by atoms with van der Waals surface area (Å²) in [6, 6.07) is 17.6. The lowest BCUT2D eigenvalue weighted by molar-refractivity contribution is 0.185. The van der Waals surface area contributed by atoms with Crippen LogP contribution < -0.4 is 5.32 Å². The number of methoxy groups -OCH3 is 1. The first-order valence-corrected chi connectivity index (χ1v) is 7.57. The van der Waals surface area contributed by atoms with Crippen molar-refractivity contribution in [1.82, 2.24) is 0 Å². The van der Waals surface area contributed by atoms with E-state index in [9.17, 15) is 0 Å². The van der Waals surface area contributed by atoms with Crippen molar-refractivity contribution in [2.75, 3.05) is 12.4 Å². The molecule has 112 valence electrons. The Morgan fingerprint density at radius 1 is 1.05 bits per heavy atom. The third kappa shape index (κ3) is 5.24. The van der Waals surface area contributed by atoms with Crippen LogP contribution in [0, 0.1) is 6.92 Å². The lowest BCUT2D eigenvalue weighted by Gasteiger charge is -2.16. The van der Waals surface area contributed by atoms with Crippen molar-refractivity contribution < 1.29 is 4.74 Å². The van der Waals surface area contributed by atoms with Crippen LogP contribution >= 0.6 is 0 Å². The summed E-state index contributed by atoms with van der Waals surface area (Å²) in [6.07, 6.45) is 2.23. The molecule has 0 aromatic heterocycles. The van der Waals surface area contributed by atoms with Gasteiger partial charge in [-0.1, -0.05) is 42.0 Å². The van der Waals surface area contributed by atoms with E-state index in [0.29, 0.717) is 12.6 Å². The predicted octanol–water partition coefficient (Wildman–Crippen LogP) is 4.57. The van der Waals surface area contributed by atoms with Crippen LogP contribution in [0.25, 0.3) is 0 Å². The van der Waals surface area contributed by atoms with Gasteiger partial charge >= 0.3 is 0 Å². The van der Waals surface area contributed by atoms with Crippen LogP contribution in [0.5, 0.6) is 0 Å². The number of hydrogen-bond acceptors (Lipinski definition) is 2. The van der Waals surface area contributed by atoms with Gasteiger partial charge in [0, 0.05) is 18.8 Å². The Labute approximate surface area is 128 Å². The highest BCUT2D eigenvalue weighted by molar-refractivity contribution is 5.46. The van der Waals surface area contributed by atoms with E-state index in [0.717, 1.165) is 12.8 Å². The average Bonchev–Trinajstić information content (AvgIpc) is 2.46. The van der Waals surface area contributed by atoms with Crippen LogP contribution in [0.4, 0.5) is 5.69 Å². The fourth-order valence-corrected chi connectivity index (χ4v) is 2.53. The molecular formula is C19H25NO. The fraction of sp³-hybridized carbons (Fsp3) is 0.368. The molecule has 0 fully saturated rings. The topological polar surface area (TPSA) is 21.3 Å². The summed E-state index contributed by atoms with van der Waals surface area (Å²) < 4.78 is 5.18. The third-order valence-corrected chi connectivity index (χ3v) is 3.60. The highest BCUT2D eigenvalue weighted by Crippen LogP contribution is 2.15. The minimum absolute atomic E-state index is 0.448. The minimum atomic E-state index is 0.448. The van der Waals surface area contributed by atoms with Gasteiger partial charge in [-0.2, -0.15) is 0 Å². The molecule has 0 heterocycles. The molecule has 1 N–H and O–H groups in total. The van der Waals surface area contributed by atoms with Crippen LogP contribution in [0.15, 0.2) is 48.5 Å². The summed E-state index contributed by atoms with van der Waals surface area (Å²) in [5.74, 6) is 0. The minimum Gasteiger partial charge on any atom is -0.383 e. The van der Waals surface area contributed by atoms with Gasteiger partial charge in [-0.15, -0.1) is 0 Å². The molecule has 0 aliphatic rings. The smallest absolute Gasteiger partial charge is 0.0713 e. The van der Waals surface area contributed by atoms with E-state index in [4.69, 9.17) is 4.74 Å². The maximum absolute atomic E-state index is 5.18. The molecule has 1 atom stereocenters. The third-order valence-electron chi connectivity index (χ3n) is 3.60. The van der Waals surface area contributed by atoms with Gasteiger partial charge in [-0.05, 0) is 49.9 Å². The number of nitrogens with one attached hydrogen (secondary N) is 1. The van der Waals surface area contributed by atoms with E-state index in [1.54, 1.807) is 7.11 Å². The molecule has 2 aromatic carbocycles. The molecule has 0 aliphatic heterocycles. The van der Waals surface area contributed by atoms with Crippen LogP contribution in [-0.4, -0.2) is 13.2 Å². The molecule has 2 aromatic rings. The molecule has 2 heteroatoms. The number of rotatable bonds is 7. The van der Waals surface area contributed by atoms with Crippen molar-refractivity contribution >= 4 is 5.69 Å². The molecule has 0 saturated heterocycles. The largest absolute Gasteiger partial charge is 0.383 e. The Morgan fingerprint density at radius 3 is 2.57 bits per heavy atom. The van der Waals surface area contributed by atoms with E-state index < -0.39 is 0 Å². The van der Waals surface area contributed by atoms with E-state index >= 15 is 0 Å². The molecule has 1 unspecified atom stereocenters. The highest BCUT2D eigenvalue weighted by Gasteiger charge is 2.04. The summed E-state index contributed by atoms with van der Waals surface area (Å²) in [5.41, 5.74) is 5.12. The Hall–Kier alpha value is -1.80. The van der Waals surface area contributed by atoms with Crippen LogP contribution in [0.3, 0.4) is 0 Å². The van der Waals surface area contributed by atoms with E-state index in [1.807, 2.05) is 0 Å². The number of anilines is 1. The van der Waals surface area contributed by atoms with Crippen molar-refractivity contribution in [3.05, 3.63) is 65.2 Å². The maximum atomic E-state index is 5.18. The zero-order chi connectivity index (χ0) is 15.1. The second kappa shape index (κ2) is 7.84. The average molecular weight is 283 g/mol. The molecule has 0 bridgehead atoms. The molecule has 2 rings (SSSR count). The van der Waals surface area contributed by atoms with Crippen molar-refractivity contribution in [1.29, 1.82) is 0 Å². The van der Waals surface area contributed by atoms with E-state index in [-0.39, 0.29) is 0 Å². The van der Waals surface area contributed by atoms with Gasteiger partial charge in [0.25, 0.3) is 0 Å². The maximum Gasteiger partial charge on any atom is 0.0713 e. The van der Waals surface area contributed by atoms with Crippen molar-refractivity contribution in [3.63, 3.8) is 0 Å². The molecule has 0 saturated carbocycles. The van der Waals surface area contributed by atoms with Crippen LogP contribution in [0.2, 0.25) is 0 Å². The van der Waals surface area contributed by atoms with Crippen molar-refractivity contribution in [2.24, 2.45) is 0 Å². The SMILES string of the molecule is COCc1cccc(NC(C)CCc2cccc(C)c2)c1. The van der Waals surface area contributed by atoms with E-state index in [1.165, 1.54) is 22.4 Å². The first-order valence-electron chi connectivity index (χ1n) is 7.57. The Bertz CT molecular complexity index is 565. The monoisotopic (exact) mass is 283 g/mol. The number of aryl methyl sites for hydroxylation is 2. The van der Waals surface area contributed by atoms with Crippen LogP contribution in [0.1, 0.15) is 30.0 Å². The number of hydrogen-bond donors (Lipinski definition) is 1. The first-order chi connectivity index (χ1) is 10.2. The summed E-state index contributed by atoms with van der Waals surface area (Å²) in [7, 11) is 1.73. The Balaban J connectivity index is 1.86. The lowest BCUT2D eigenvalue weighted by atomic mass is 10.0. The molecular weight excluding hydrogens is 258 g/mol. The highest BCUT2D eigenvalue weighted by atomic mass is 16.5. The standard InChI is InChI=1S/C19H25NO/c1-15-6-4-7-17(12-15)11-10-16(2)20-19-9-5-8-18(13-19)14-21-3/h4-9,12-13,16,20H,10-11,14H2,1-3H3. The summed E-state index contributed by atoms with van der Waals surface area (Å²) in [5, 5.41) is 3.57. The lowest BCUT2D eigenvalue weighted by Crippen LogP contribution is -2.16. The normalized spacial score (nSPS) is 12.1. The number of benzene rings is 2. The predicted molar refractivity (Wildman–Crippen MR) is 89.7 cm³/mol. The zero-order valence-electron chi connectivity index (χ0n) is 13.2. The van der Waals surface area contributed by atoms with Gasteiger partial charge in [-0.25, -0.2) is 0 Å². The molecule has 0 spiro atoms. The van der Waals surface area contributed by atoms with Crippen molar-refractivity contribution in [2.45, 2.75) is 39.3 Å². The van der Waals surface area contributed by atoms with Gasteiger partial charge in [0.1, 0.15) is 0 Å². The summed E-state index contributed by atoms with van der Waals surface area (Å²) in [6.45, 7) is 5.04. The quantitative estimate of drug-likeness (QED) is 0.803. The fourth-order valence-electron chi connectivity index (χ4n) is 2.53. The number of ether oxygens (including phenoxy) is 1. The Morgan fingerprint density at radius 2 is 1.81 bits per heavy atom. The van der Waals surface area contributed by atoms with Gasteiger partial charge in [0.2, 0.25) is 0 Å². The second-order valence-electron chi connectivity index (χ2n) is 5.71. The van der Waals surface area contributed by atoms with Gasteiger partial charge in [0.15, 0.2) is 0 Å². The summed E-state index contributed by atoms with van der Waals surface area (Å²) in [4.78, 5) is 0. The molecule has 0 radical (unpaired) electrons. The summed E-state index contributed by atoms with van der Waals surface area (Å²) >= 11 is 0. The van der Waals surface area contributed by atoms with Gasteiger partial charge in [0.05, 0.1) is 6.61 Å². The van der Waals surface area contributed by atoms with Crippen molar-refractivity contribution in [3.8, 4) is 0 Å². The van der Waals surface area contributed by atoms with Gasteiger partial charge < -0.3 is 10.1 Å². The molecule has 0 amide bonds. The molecule has 21 heavy (non-hydrogen) atoms. The van der Waals surface area contributed by atoms with Crippen LogP contribution in [-0.2, 0) is 17.8 Å². The first kappa shape index (κ1) is 15.6. The molecule has 2 nitrogen and oxygen atoms in total. The second-order valence-corrected chi connectivity index (χ2v) is 5.71.